The molecule has 0 N–H and O–H groups in total. The van der Waals surface area contributed by atoms with E-state index in [2.05, 4.69) is 98.9 Å². The summed E-state index contributed by atoms with van der Waals surface area (Å²) in [4.78, 5) is 37.7. The van der Waals surface area contributed by atoms with Crippen LogP contribution in [0.1, 0.15) is 412 Å². The van der Waals surface area contributed by atoms with Crippen molar-refractivity contribution in [2.75, 3.05) is 47.5 Å². The second-order valence-corrected chi connectivity index (χ2v) is 30.1. The van der Waals surface area contributed by atoms with Gasteiger partial charge in [-0.3, -0.25) is 9.59 Å². The topological polar surface area (TPSA) is 111 Å². The summed E-state index contributed by atoms with van der Waals surface area (Å²) in [6.07, 6.45) is 107. The number of likely N-dealkylation sites (N-methyl/N-ethyl adjacent to an activating group) is 1. The summed E-state index contributed by atoms with van der Waals surface area (Å²) in [7, 11) is 5.95. The molecule has 99 heavy (non-hydrogen) atoms. The maximum Gasteiger partial charge on any atom is 0.306 e. The van der Waals surface area contributed by atoms with Gasteiger partial charge in [-0.1, -0.05) is 414 Å². The maximum atomic E-state index is 13.0. The Morgan fingerprint density at radius 1 is 0.313 bits per heavy atom. The van der Waals surface area contributed by atoms with Gasteiger partial charge in [0.25, 0.3) is 0 Å². The third-order valence-electron chi connectivity index (χ3n) is 19.2. The quantitative estimate of drug-likeness (QED) is 0.0195. The summed E-state index contributed by atoms with van der Waals surface area (Å²) in [6, 6.07) is 0. The molecule has 2 unspecified atom stereocenters. The van der Waals surface area contributed by atoms with Crippen molar-refractivity contribution in [2.45, 2.75) is 424 Å². The lowest BCUT2D eigenvalue weighted by Crippen LogP contribution is -2.44. The van der Waals surface area contributed by atoms with E-state index in [0.717, 1.165) is 77.0 Å². The first-order chi connectivity index (χ1) is 48.6. The summed E-state index contributed by atoms with van der Waals surface area (Å²) in [5.74, 6) is -2.25. The fourth-order valence-corrected chi connectivity index (χ4v) is 12.7. The summed E-state index contributed by atoms with van der Waals surface area (Å²) >= 11 is 0. The van der Waals surface area contributed by atoms with Crippen LogP contribution in [0.15, 0.2) is 85.1 Å². The highest BCUT2D eigenvalue weighted by atomic mass is 16.7. The number of ether oxygens (including phenoxy) is 4. The van der Waals surface area contributed by atoms with Crippen LogP contribution < -0.4 is 5.11 Å². The molecule has 0 aromatic carbocycles. The third-order valence-corrected chi connectivity index (χ3v) is 19.2. The van der Waals surface area contributed by atoms with Crippen LogP contribution in [0.5, 0.6) is 0 Å². The molecule has 0 rings (SSSR count). The number of hydrogen-bond donors (Lipinski definition) is 0. The van der Waals surface area contributed by atoms with Crippen LogP contribution in [0.2, 0.25) is 0 Å². The van der Waals surface area contributed by atoms with Crippen LogP contribution in [0.25, 0.3) is 0 Å². The average molecular weight is 1390 g/mol. The minimum Gasteiger partial charge on any atom is -0.545 e. The number of rotatable bonds is 80. The lowest BCUT2D eigenvalue weighted by atomic mass is 10.0. The molecule has 0 saturated carbocycles. The van der Waals surface area contributed by atoms with Crippen molar-refractivity contribution >= 4 is 17.9 Å². The molecule has 9 nitrogen and oxygen atoms in total. The predicted molar refractivity (Wildman–Crippen MR) is 426 cm³/mol. The SMILES string of the molecule is CC/C=C\C/C=C\C/C=C\C/C=C\C/C=C\C/C=C\C/C=C\CCCCCCCCCCCCCCCCCCCCCC(=O)OC(COC(=O)CCCCCCCCCCCCCCCCCCCCCCCCCCCCCCCCCCC)COC(OCC[N+](C)(C)C)C(=O)[O-]. The van der Waals surface area contributed by atoms with Gasteiger partial charge >= 0.3 is 11.9 Å². The van der Waals surface area contributed by atoms with E-state index in [1.165, 1.54) is 302 Å². The molecule has 9 heteroatoms. The molecule has 0 aromatic rings. The van der Waals surface area contributed by atoms with Crippen molar-refractivity contribution in [1.29, 1.82) is 0 Å². The highest BCUT2D eigenvalue weighted by molar-refractivity contribution is 5.70. The van der Waals surface area contributed by atoms with Gasteiger partial charge < -0.3 is 33.3 Å². The first-order valence-corrected chi connectivity index (χ1v) is 42.7. The van der Waals surface area contributed by atoms with Gasteiger partial charge in [-0.05, 0) is 70.6 Å². The van der Waals surface area contributed by atoms with E-state index in [1.54, 1.807) is 0 Å². The fourth-order valence-electron chi connectivity index (χ4n) is 12.7. The number of carbonyl (C=O) groups is 3. The van der Waals surface area contributed by atoms with Crippen LogP contribution in [-0.2, 0) is 33.3 Å². The Morgan fingerprint density at radius 2 is 0.576 bits per heavy atom. The second-order valence-electron chi connectivity index (χ2n) is 30.1. The van der Waals surface area contributed by atoms with Crippen LogP contribution in [0.4, 0.5) is 0 Å². The van der Waals surface area contributed by atoms with Crippen LogP contribution in [-0.4, -0.2) is 82.3 Å². The van der Waals surface area contributed by atoms with Gasteiger partial charge in [-0.2, -0.15) is 0 Å². The first-order valence-electron chi connectivity index (χ1n) is 42.7. The van der Waals surface area contributed by atoms with E-state index < -0.39 is 24.3 Å². The number of hydrogen-bond acceptors (Lipinski definition) is 8. The van der Waals surface area contributed by atoms with Gasteiger partial charge in [0.1, 0.15) is 13.2 Å². The molecule has 0 aliphatic carbocycles. The lowest BCUT2D eigenvalue weighted by Gasteiger charge is -2.26. The van der Waals surface area contributed by atoms with E-state index in [-0.39, 0.29) is 32.2 Å². The van der Waals surface area contributed by atoms with Gasteiger partial charge in [-0.15, -0.1) is 0 Å². The largest absolute Gasteiger partial charge is 0.545 e. The van der Waals surface area contributed by atoms with Crippen molar-refractivity contribution in [3.05, 3.63) is 85.1 Å². The Hall–Kier alpha value is -3.53. The third kappa shape index (κ3) is 81.6. The monoisotopic (exact) mass is 1390 g/mol. The van der Waals surface area contributed by atoms with Crippen LogP contribution in [0, 0.1) is 0 Å². The summed E-state index contributed by atoms with van der Waals surface area (Å²) in [6.45, 7) is 4.71. The number of unbranched alkanes of at least 4 members (excludes halogenated alkanes) is 51. The Bertz CT molecular complexity index is 1910. The molecular weight excluding hydrogens is 1220 g/mol. The van der Waals surface area contributed by atoms with E-state index in [4.69, 9.17) is 18.9 Å². The normalized spacial score (nSPS) is 13.0. The van der Waals surface area contributed by atoms with Gasteiger partial charge in [0.05, 0.1) is 40.3 Å². The number of carboxylic acids is 1. The number of esters is 2. The molecule has 0 heterocycles. The molecule has 576 valence electrons. The first kappa shape index (κ1) is 95.5. The molecule has 0 saturated heterocycles. The number of carboxylic acid groups (broad SMARTS) is 1. The molecule has 0 radical (unpaired) electrons. The highest BCUT2D eigenvalue weighted by Crippen LogP contribution is 2.20. The van der Waals surface area contributed by atoms with E-state index in [0.29, 0.717) is 23.9 Å². The zero-order chi connectivity index (χ0) is 71.8. The van der Waals surface area contributed by atoms with Crippen LogP contribution >= 0.6 is 0 Å². The molecule has 0 fully saturated rings. The minimum atomic E-state index is -1.62. The van der Waals surface area contributed by atoms with Crippen molar-refractivity contribution in [1.82, 2.24) is 0 Å². The number of nitrogens with zero attached hydrogens (tertiary/aromatic N) is 1. The van der Waals surface area contributed by atoms with Crippen LogP contribution in [0.3, 0.4) is 0 Å². The van der Waals surface area contributed by atoms with Gasteiger partial charge in [0.15, 0.2) is 12.4 Å². The fraction of sp³-hybridized carbons (Fsp3) is 0.811. The van der Waals surface area contributed by atoms with Crippen molar-refractivity contribution in [3.63, 3.8) is 0 Å². The zero-order valence-electron chi connectivity index (χ0n) is 66.1. The Balaban J connectivity index is 3.96. The number of aliphatic carboxylic acids is 1. The lowest BCUT2D eigenvalue weighted by molar-refractivity contribution is -0.870. The van der Waals surface area contributed by atoms with E-state index in [1.807, 2.05) is 21.1 Å². The summed E-state index contributed by atoms with van der Waals surface area (Å²) in [5, 5.41) is 11.9. The van der Waals surface area contributed by atoms with Gasteiger partial charge in [0, 0.05) is 12.8 Å². The molecule has 0 spiro atoms. The van der Waals surface area contributed by atoms with Crippen molar-refractivity contribution in [2.24, 2.45) is 0 Å². The van der Waals surface area contributed by atoms with Gasteiger partial charge in [0.2, 0.25) is 0 Å². The standard InChI is InChI=1S/C90H163NO8/c1-6-8-10-12-14-16-18-20-22-24-26-28-30-32-34-36-38-40-41-42-43-44-45-46-47-49-51-53-55-57-59-61-63-65-67-69-71-73-75-77-79-81-88(93)99-86(85-98-90(89(94)95)96-83-82-91(3,4)5)84-97-87(92)80-78-76-74-72-70-68-66-64-62-60-58-56-54-52-50-48-39-37-35-33-31-29-27-25-23-21-19-17-15-13-11-9-7-2/h8,10,14,16,20,22,26,28,32,34,38,40,42-43,86,90H,6-7,9,11-13,15,17-19,21,23-25,27,29-31,33,35-37,39,41,44-85H2,1-5H3/b10-8-,16-14-,22-20-,28-26-,34-32-,40-38-,43-42-. The Morgan fingerprint density at radius 3 is 0.859 bits per heavy atom. The smallest absolute Gasteiger partial charge is 0.306 e. The molecule has 0 aliphatic heterocycles. The second kappa shape index (κ2) is 80.2. The molecule has 0 aromatic heterocycles. The van der Waals surface area contributed by atoms with Gasteiger partial charge in [-0.25, -0.2) is 0 Å². The zero-order valence-corrected chi connectivity index (χ0v) is 66.1. The molecule has 2 atom stereocenters. The molecular formula is C90H163NO8. The molecule has 0 amide bonds. The average Bonchev–Trinajstić information content (AvgIpc) is 2.62. The summed E-state index contributed by atoms with van der Waals surface area (Å²) < 4.78 is 22.9. The highest BCUT2D eigenvalue weighted by Gasteiger charge is 2.22. The van der Waals surface area contributed by atoms with E-state index >= 15 is 0 Å². The van der Waals surface area contributed by atoms with E-state index in [9.17, 15) is 19.5 Å². The predicted octanol–water partition coefficient (Wildman–Crippen LogP) is 26.4. The Kier molecular flexibility index (Phi) is 77.3. The molecule has 0 aliphatic rings. The number of carbonyl (C=O) groups excluding carboxylic acids is 3. The van der Waals surface area contributed by atoms with Crippen molar-refractivity contribution in [3.8, 4) is 0 Å². The summed E-state index contributed by atoms with van der Waals surface area (Å²) in [5.41, 5.74) is 0. The maximum absolute atomic E-state index is 13.0. The minimum absolute atomic E-state index is 0.149. The molecule has 0 bridgehead atoms. The number of quaternary nitrogens is 1. The number of allylic oxidation sites excluding steroid dienone is 14. The Labute approximate surface area is 614 Å². The van der Waals surface area contributed by atoms with Crippen molar-refractivity contribution < 1.29 is 42.9 Å².